The van der Waals surface area contributed by atoms with Crippen molar-refractivity contribution in [1.82, 2.24) is 5.32 Å². The fourth-order valence-electron chi connectivity index (χ4n) is 1.86. The Morgan fingerprint density at radius 2 is 1.84 bits per heavy atom. The topological polar surface area (TPSA) is 55.1 Å². The zero-order chi connectivity index (χ0) is 14.6. The fourth-order valence-corrected chi connectivity index (χ4v) is 1.86. The van der Waals surface area contributed by atoms with E-state index in [-0.39, 0.29) is 17.3 Å². The quantitative estimate of drug-likeness (QED) is 0.860. The van der Waals surface area contributed by atoms with Crippen LogP contribution in [-0.4, -0.2) is 11.4 Å². The third-order valence-electron chi connectivity index (χ3n) is 2.98. The molecule has 4 heteroatoms. The molecule has 0 aliphatic heterocycles. The molecule has 0 saturated heterocycles. The van der Waals surface area contributed by atoms with Crippen molar-refractivity contribution in [2.24, 2.45) is 5.73 Å². The number of hydrogen-bond donors (Lipinski definition) is 2. The molecule has 1 aromatic carbocycles. The first kappa shape index (κ1) is 15.6. The molecule has 0 heterocycles. The zero-order valence-corrected chi connectivity index (χ0v) is 12.1. The molecule has 0 spiro atoms. The summed E-state index contributed by atoms with van der Waals surface area (Å²) in [6, 6.07) is 3.52. The van der Waals surface area contributed by atoms with E-state index in [0.717, 1.165) is 5.56 Å². The molecule has 3 N–H and O–H groups in total. The molecule has 0 aliphatic carbocycles. The Labute approximate surface area is 114 Å². The Morgan fingerprint density at radius 1 is 1.32 bits per heavy atom. The second kappa shape index (κ2) is 6.15. The molecule has 0 unspecified atom stereocenters. The number of rotatable bonds is 5. The first-order valence-corrected chi connectivity index (χ1v) is 6.50. The van der Waals surface area contributed by atoms with Gasteiger partial charge in [0.25, 0.3) is 0 Å². The van der Waals surface area contributed by atoms with E-state index in [1.54, 1.807) is 26.0 Å². The molecular formula is C15H23FN2O. The lowest BCUT2D eigenvalue weighted by atomic mass is 10.00. The second-order valence-electron chi connectivity index (χ2n) is 5.81. The Balaban J connectivity index is 2.51. The van der Waals surface area contributed by atoms with E-state index in [0.29, 0.717) is 30.5 Å². The Bertz CT molecular complexity index is 441. The van der Waals surface area contributed by atoms with E-state index < -0.39 is 0 Å². The van der Waals surface area contributed by atoms with Crippen LogP contribution in [0.5, 0.6) is 0 Å². The minimum absolute atomic E-state index is 0.0295. The number of amides is 1. The molecule has 0 bridgehead atoms. The maximum Gasteiger partial charge on any atom is 0.220 e. The van der Waals surface area contributed by atoms with Gasteiger partial charge in [-0.3, -0.25) is 4.79 Å². The van der Waals surface area contributed by atoms with Crippen molar-refractivity contribution in [3.63, 3.8) is 0 Å². The van der Waals surface area contributed by atoms with Gasteiger partial charge in [0.15, 0.2) is 0 Å². The Morgan fingerprint density at radius 3 is 2.32 bits per heavy atom. The van der Waals surface area contributed by atoms with Gasteiger partial charge in [0.1, 0.15) is 5.82 Å². The largest absolute Gasteiger partial charge is 0.352 e. The number of halogens is 1. The molecule has 1 amide bonds. The van der Waals surface area contributed by atoms with E-state index in [2.05, 4.69) is 5.32 Å². The lowest BCUT2D eigenvalue weighted by molar-refractivity contribution is -0.121. The fraction of sp³-hybridized carbons (Fsp3) is 0.533. The van der Waals surface area contributed by atoms with Gasteiger partial charge in [0, 0.05) is 18.5 Å². The molecule has 0 radical (unpaired) electrons. The van der Waals surface area contributed by atoms with Gasteiger partial charge in [-0.1, -0.05) is 12.1 Å². The molecule has 0 atom stereocenters. The highest BCUT2D eigenvalue weighted by molar-refractivity contribution is 5.75. The lowest BCUT2D eigenvalue weighted by Gasteiger charge is -2.17. The van der Waals surface area contributed by atoms with Crippen LogP contribution in [0, 0.1) is 19.7 Å². The molecule has 0 aromatic heterocycles. The summed E-state index contributed by atoms with van der Waals surface area (Å²) in [5.74, 6) is -0.210. The third-order valence-corrected chi connectivity index (χ3v) is 2.98. The third kappa shape index (κ3) is 5.39. The molecular weight excluding hydrogens is 243 g/mol. The summed E-state index contributed by atoms with van der Waals surface area (Å²) >= 11 is 0. The first-order valence-electron chi connectivity index (χ1n) is 6.50. The number of nitrogens with one attached hydrogen (secondary N) is 1. The van der Waals surface area contributed by atoms with E-state index in [1.165, 1.54) is 0 Å². The van der Waals surface area contributed by atoms with Gasteiger partial charge in [-0.05, 0) is 50.8 Å². The standard InChI is InChI=1S/C15H23FN2O/c1-10-7-12(8-11(2)14(10)16)9-18-13(19)5-6-15(3,4)17/h7-8H,5-6,9,17H2,1-4H3,(H,18,19). The molecule has 0 aliphatic rings. The van der Waals surface area contributed by atoms with Gasteiger partial charge in [-0.2, -0.15) is 0 Å². The van der Waals surface area contributed by atoms with Crippen LogP contribution in [0.4, 0.5) is 4.39 Å². The van der Waals surface area contributed by atoms with Gasteiger partial charge >= 0.3 is 0 Å². The van der Waals surface area contributed by atoms with Crippen LogP contribution < -0.4 is 11.1 Å². The Kier molecular flexibility index (Phi) is 5.06. The number of benzene rings is 1. The summed E-state index contributed by atoms with van der Waals surface area (Å²) in [6.45, 7) is 7.67. The van der Waals surface area contributed by atoms with Crippen LogP contribution in [0.3, 0.4) is 0 Å². The van der Waals surface area contributed by atoms with Gasteiger partial charge < -0.3 is 11.1 Å². The average Bonchev–Trinajstić information content (AvgIpc) is 2.29. The molecule has 1 rings (SSSR count). The van der Waals surface area contributed by atoms with Crippen LogP contribution in [-0.2, 0) is 11.3 Å². The number of nitrogens with two attached hydrogens (primary N) is 1. The maximum atomic E-state index is 13.5. The molecule has 19 heavy (non-hydrogen) atoms. The van der Waals surface area contributed by atoms with Crippen molar-refractivity contribution >= 4 is 5.91 Å². The normalized spacial score (nSPS) is 11.5. The van der Waals surface area contributed by atoms with Gasteiger partial charge in [-0.25, -0.2) is 4.39 Å². The summed E-state index contributed by atoms with van der Waals surface area (Å²) < 4.78 is 13.5. The SMILES string of the molecule is Cc1cc(CNC(=O)CCC(C)(C)N)cc(C)c1F. The summed E-state index contributed by atoms with van der Waals surface area (Å²) in [6.07, 6.45) is 1.04. The number of carbonyl (C=O) groups is 1. The lowest BCUT2D eigenvalue weighted by Crippen LogP contribution is -2.34. The van der Waals surface area contributed by atoms with Crippen LogP contribution >= 0.6 is 0 Å². The second-order valence-corrected chi connectivity index (χ2v) is 5.81. The van der Waals surface area contributed by atoms with E-state index >= 15 is 0 Å². The van der Waals surface area contributed by atoms with E-state index in [4.69, 9.17) is 5.73 Å². The van der Waals surface area contributed by atoms with Gasteiger partial charge in [-0.15, -0.1) is 0 Å². The van der Waals surface area contributed by atoms with Crippen LogP contribution in [0.25, 0.3) is 0 Å². The van der Waals surface area contributed by atoms with E-state index in [9.17, 15) is 9.18 Å². The molecule has 0 saturated carbocycles. The van der Waals surface area contributed by atoms with Crippen LogP contribution in [0.1, 0.15) is 43.4 Å². The molecule has 0 fully saturated rings. The summed E-state index contributed by atoms with van der Waals surface area (Å²) in [7, 11) is 0. The minimum Gasteiger partial charge on any atom is -0.352 e. The minimum atomic E-state index is -0.333. The van der Waals surface area contributed by atoms with Crippen molar-refractivity contribution < 1.29 is 9.18 Å². The van der Waals surface area contributed by atoms with Crippen LogP contribution in [0.2, 0.25) is 0 Å². The summed E-state index contributed by atoms with van der Waals surface area (Å²) in [5.41, 5.74) is 7.61. The summed E-state index contributed by atoms with van der Waals surface area (Å²) in [5, 5.41) is 2.83. The first-order chi connectivity index (χ1) is 8.69. The predicted octanol–water partition coefficient (Wildman–Crippen LogP) is 2.58. The summed E-state index contributed by atoms with van der Waals surface area (Å²) in [4.78, 5) is 11.7. The average molecular weight is 266 g/mol. The predicted molar refractivity (Wildman–Crippen MR) is 75.2 cm³/mol. The van der Waals surface area contributed by atoms with Crippen molar-refractivity contribution in [3.05, 3.63) is 34.6 Å². The van der Waals surface area contributed by atoms with Crippen molar-refractivity contribution in [1.29, 1.82) is 0 Å². The highest BCUT2D eigenvalue weighted by Gasteiger charge is 2.13. The highest BCUT2D eigenvalue weighted by atomic mass is 19.1. The smallest absolute Gasteiger partial charge is 0.220 e. The molecule has 1 aromatic rings. The van der Waals surface area contributed by atoms with Gasteiger partial charge in [0.05, 0.1) is 0 Å². The molecule has 106 valence electrons. The monoisotopic (exact) mass is 266 g/mol. The molecule has 3 nitrogen and oxygen atoms in total. The zero-order valence-electron chi connectivity index (χ0n) is 12.1. The Hall–Kier alpha value is -1.42. The number of aryl methyl sites for hydroxylation is 2. The maximum absolute atomic E-state index is 13.5. The number of carbonyl (C=O) groups excluding carboxylic acids is 1. The van der Waals surface area contributed by atoms with Gasteiger partial charge in [0.2, 0.25) is 5.91 Å². The highest BCUT2D eigenvalue weighted by Crippen LogP contribution is 2.14. The van der Waals surface area contributed by atoms with Crippen molar-refractivity contribution in [2.45, 2.75) is 52.6 Å². The number of hydrogen-bond acceptors (Lipinski definition) is 2. The van der Waals surface area contributed by atoms with Crippen molar-refractivity contribution in [3.8, 4) is 0 Å². The van der Waals surface area contributed by atoms with Crippen LogP contribution in [0.15, 0.2) is 12.1 Å². The van der Waals surface area contributed by atoms with Crippen molar-refractivity contribution in [2.75, 3.05) is 0 Å². The van der Waals surface area contributed by atoms with E-state index in [1.807, 2.05) is 13.8 Å².